The Balaban J connectivity index is 1.61. The SMILES string of the molecule is Cc1ccccc1C(=O)NC[C@H](c1ccc(N(C)C)cc1)N1CCc2ccccc21. The Morgan fingerprint density at radius 2 is 1.70 bits per heavy atom. The van der Waals surface area contributed by atoms with Crippen molar-refractivity contribution in [2.45, 2.75) is 19.4 Å². The van der Waals surface area contributed by atoms with Crippen molar-refractivity contribution in [3.05, 3.63) is 95.1 Å². The molecule has 3 aromatic carbocycles. The zero-order valence-electron chi connectivity index (χ0n) is 17.9. The lowest BCUT2D eigenvalue weighted by Gasteiger charge is -2.31. The molecule has 0 aromatic heterocycles. The maximum Gasteiger partial charge on any atom is 0.251 e. The molecule has 3 aromatic rings. The predicted molar refractivity (Wildman–Crippen MR) is 125 cm³/mol. The van der Waals surface area contributed by atoms with Crippen LogP contribution in [0.5, 0.6) is 0 Å². The highest BCUT2D eigenvalue weighted by molar-refractivity contribution is 5.95. The molecule has 4 nitrogen and oxygen atoms in total. The molecule has 30 heavy (non-hydrogen) atoms. The molecule has 0 radical (unpaired) electrons. The number of aryl methyl sites for hydroxylation is 1. The molecule has 0 aliphatic carbocycles. The Morgan fingerprint density at radius 3 is 2.43 bits per heavy atom. The Morgan fingerprint density at radius 1 is 1.00 bits per heavy atom. The van der Waals surface area contributed by atoms with Gasteiger partial charge in [0.25, 0.3) is 5.91 Å². The largest absolute Gasteiger partial charge is 0.378 e. The highest BCUT2D eigenvalue weighted by atomic mass is 16.1. The first kappa shape index (κ1) is 20.0. The summed E-state index contributed by atoms with van der Waals surface area (Å²) in [6.07, 6.45) is 1.04. The van der Waals surface area contributed by atoms with Gasteiger partial charge >= 0.3 is 0 Å². The number of hydrogen-bond donors (Lipinski definition) is 1. The summed E-state index contributed by atoms with van der Waals surface area (Å²) < 4.78 is 0. The van der Waals surface area contributed by atoms with E-state index in [0.717, 1.165) is 24.1 Å². The van der Waals surface area contributed by atoms with Crippen molar-refractivity contribution in [1.82, 2.24) is 5.32 Å². The smallest absolute Gasteiger partial charge is 0.251 e. The minimum absolute atomic E-state index is 0.0181. The Kier molecular flexibility index (Phi) is 5.75. The number of para-hydroxylation sites is 1. The molecule has 0 spiro atoms. The van der Waals surface area contributed by atoms with Crippen molar-refractivity contribution < 1.29 is 4.79 Å². The second-order valence-corrected chi connectivity index (χ2v) is 8.10. The van der Waals surface area contributed by atoms with Crippen LogP contribution in [-0.2, 0) is 6.42 Å². The maximum atomic E-state index is 12.9. The van der Waals surface area contributed by atoms with E-state index in [4.69, 9.17) is 0 Å². The highest BCUT2D eigenvalue weighted by Crippen LogP contribution is 2.35. The van der Waals surface area contributed by atoms with E-state index < -0.39 is 0 Å². The van der Waals surface area contributed by atoms with E-state index in [1.54, 1.807) is 0 Å². The normalized spacial score (nSPS) is 13.6. The summed E-state index contributed by atoms with van der Waals surface area (Å²) in [4.78, 5) is 17.4. The molecule has 0 saturated carbocycles. The standard InChI is InChI=1S/C26H29N3O/c1-19-8-4-6-10-23(19)26(30)27-18-25(21-12-14-22(15-13-21)28(2)3)29-17-16-20-9-5-7-11-24(20)29/h4-15,25H,16-18H2,1-3H3,(H,27,30)/t25-/m1/s1. The zero-order valence-corrected chi connectivity index (χ0v) is 17.9. The third kappa shape index (κ3) is 4.04. The summed E-state index contributed by atoms with van der Waals surface area (Å²) in [5.74, 6) is -0.0181. The van der Waals surface area contributed by atoms with Crippen LogP contribution in [-0.4, -0.2) is 33.1 Å². The van der Waals surface area contributed by atoms with E-state index in [2.05, 4.69) is 63.6 Å². The third-order valence-electron chi connectivity index (χ3n) is 5.94. The average molecular weight is 400 g/mol. The summed E-state index contributed by atoms with van der Waals surface area (Å²) in [6.45, 7) is 3.49. The molecule has 1 amide bonds. The van der Waals surface area contributed by atoms with Crippen LogP contribution in [0.25, 0.3) is 0 Å². The van der Waals surface area contributed by atoms with Crippen molar-refractivity contribution >= 4 is 17.3 Å². The Labute approximate surface area is 179 Å². The molecule has 0 unspecified atom stereocenters. The number of fused-ring (bicyclic) bond motifs is 1. The fourth-order valence-electron chi connectivity index (χ4n) is 4.20. The predicted octanol–water partition coefficient (Wildman–Crippen LogP) is 4.59. The lowest BCUT2D eigenvalue weighted by atomic mass is 10.0. The summed E-state index contributed by atoms with van der Waals surface area (Å²) >= 11 is 0. The van der Waals surface area contributed by atoms with Gasteiger partial charge in [-0.1, -0.05) is 48.5 Å². The maximum absolute atomic E-state index is 12.9. The number of hydrogen-bond acceptors (Lipinski definition) is 3. The number of carbonyl (C=O) groups excluding carboxylic acids is 1. The number of amides is 1. The highest BCUT2D eigenvalue weighted by Gasteiger charge is 2.27. The van der Waals surface area contributed by atoms with Gasteiger partial charge in [-0.3, -0.25) is 4.79 Å². The average Bonchev–Trinajstić information content (AvgIpc) is 3.18. The van der Waals surface area contributed by atoms with Gasteiger partial charge in [-0.25, -0.2) is 0 Å². The number of anilines is 2. The van der Waals surface area contributed by atoms with E-state index in [0.29, 0.717) is 6.54 Å². The van der Waals surface area contributed by atoms with Crippen molar-refractivity contribution in [2.75, 3.05) is 37.0 Å². The first-order chi connectivity index (χ1) is 14.5. The first-order valence-electron chi connectivity index (χ1n) is 10.5. The number of benzene rings is 3. The molecular weight excluding hydrogens is 370 g/mol. The van der Waals surface area contributed by atoms with Gasteiger partial charge in [0.15, 0.2) is 0 Å². The minimum Gasteiger partial charge on any atom is -0.378 e. The van der Waals surface area contributed by atoms with E-state index in [1.165, 1.54) is 22.5 Å². The molecule has 0 bridgehead atoms. The van der Waals surface area contributed by atoms with Gasteiger partial charge in [-0.15, -0.1) is 0 Å². The van der Waals surface area contributed by atoms with E-state index in [-0.39, 0.29) is 11.9 Å². The van der Waals surface area contributed by atoms with Crippen molar-refractivity contribution in [1.29, 1.82) is 0 Å². The molecule has 1 atom stereocenters. The lowest BCUT2D eigenvalue weighted by Crippen LogP contribution is -2.37. The molecule has 1 aliphatic heterocycles. The molecule has 1 aliphatic rings. The van der Waals surface area contributed by atoms with Crippen LogP contribution < -0.4 is 15.1 Å². The molecular formula is C26H29N3O. The van der Waals surface area contributed by atoms with Gasteiger partial charge in [0.05, 0.1) is 6.04 Å². The summed E-state index contributed by atoms with van der Waals surface area (Å²) in [6, 6.07) is 25.1. The van der Waals surface area contributed by atoms with E-state index in [1.807, 2.05) is 45.3 Å². The molecule has 4 rings (SSSR count). The fourth-order valence-corrected chi connectivity index (χ4v) is 4.20. The third-order valence-corrected chi connectivity index (χ3v) is 5.94. The zero-order chi connectivity index (χ0) is 21.1. The van der Waals surface area contributed by atoms with E-state index >= 15 is 0 Å². The van der Waals surface area contributed by atoms with Gasteiger partial charge < -0.3 is 15.1 Å². The monoisotopic (exact) mass is 399 g/mol. The number of nitrogens with zero attached hydrogens (tertiary/aromatic N) is 2. The van der Waals surface area contributed by atoms with Gasteiger partial charge in [-0.2, -0.15) is 0 Å². The quantitative estimate of drug-likeness (QED) is 0.658. The summed E-state index contributed by atoms with van der Waals surface area (Å²) in [7, 11) is 4.09. The van der Waals surface area contributed by atoms with Crippen LogP contribution in [0.2, 0.25) is 0 Å². The van der Waals surface area contributed by atoms with Crippen LogP contribution in [0.1, 0.15) is 33.1 Å². The van der Waals surface area contributed by atoms with Crippen LogP contribution in [0.3, 0.4) is 0 Å². The summed E-state index contributed by atoms with van der Waals surface area (Å²) in [5.41, 5.74) is 6.75. The van der Waals surface area contributed by atoms with Crippen molar-refractivity contribution in [3.8, 4) is 0 Å². The molecule has 4 heteroatoms. The molecule has 0 fully saturated rings. The van der Waals surface area contributed by atoms with Crippen LogP contribution in [0.15, 0.2) is 72.8 Å². The van der Waals surface area contributed by atoms with Gasteiger partial charge in [0, 0.05) is 44.1 Å². The molecule has 1 N–H and O–H groups in total. The number of rotatable bonds is 6. The van der Waals surface area contributed by atoms with Crippen molar-refractivity contribution in [2.24, 2.45) is 0 Å². The van der Waals surface area contributed by atoms with Gasteiger partial charge in [0.1, 0.15) is 0 Å². The Bertz CT molecular complexity index is 1030. The molecule has 0 saturated heterocycles. The van der Waals surface area contributed by atoms with Crippen LogP contribution in [0.4, 0.5) is 11.4 Å². The summed E-state index contributed by atoms with van der Waals surface area (Å²) in [5, 5.41) is 3.19. The second-order valence-electron chi connectivity index (χ2n) is 8.10. The van der Waals surface area contributed by atoms with Gasteiger partial charge in [0.2, 0.25) is 0 Å². The minimum atomic E-state index is -0.0181. The van der Waals surface area contributed by atoms with E-state index in [9.17, 15) is 4.79 Å². The topological polar surface area (TPSA) is 35.6 Å². The first-order valence-corrected chi connectivity index (χ1v) is 10.5. The van der Waals surface area contributed by atoms with Crippen molar-refractivity contribution in [3.63, 3.8) is 0 Å². The van der Waals surface area contributed by atoms with Crippen LogP contribution >= 0.6 is 0 Å². The number of carbonyl (C=O) groups is 1. The Hall–Kier alpha value is -3.27. The van der Waals surface area contributed by atoms with Gasteiger partial charge in [-0.05, 0) is 54.3 Å². The lowest BCUT2D eigenvalue weighted by molar-refractivity contribution is 0.0950. The fraction of sp³-hybridized carbons (Fsp3) is 0.269. The van der Waals surface area contributed by atoms with Crippen LogP contribution in [0, 0.1) is 6.92 Å². The molecule has 1 heterocycles. The second kappa shape index (κ2) is 8.62. The number of nitrogens with one attached hydrogen (secondary N) is 1. The molecule has 154 valence electrons.